The molecule has 3 saturated heterocycles. The molecule has 2 bridgehead atoms. The lowest BCUT2D eigenvalue weighted by molar-refractivity contribution is -0.160. The van der Waals surface area contributed by atoms with E-state index in [2.05, 4.69) is 18.5 Å². The molecule has 3 aliphatic heterocycles. The van der Waals surface area contributed by atoms with Crippen molar-refractivity contribution in [1.29, 1.82) is 0 Å². The minimum absolute atomic E-state index is 0.116. The van der Waals surface area contributed by atoms with Crippen LogP contribution in [0.2, 0.25) is 5.02 Å². The number of hydrogen-bond acceptors (Lipinski definition) is 7. The second-order valence-electron chi connectivity index (χ2n) is 12.5. The van der Waals surface area contributed by atoms with Gasteiger partial charge in [-0.2, -0.15) is 0 Å². The summed E-state index contributed by atoms with van der Waals surface area (Å²) in [4.78, 5) is 58.1. The monoisotopic (exact) mass is 643 g/mol. The van der Waals surface area contributed by atoms with Crippen molar-refractivity contribution in [2.24, 2.45) is 17.8 Å². The number of aliphatic hydroxyl groups is 1. The molecule has 246 valence electrons. The Morgan fingerprint density at radius 3 is 2.64 bits per heavy atom. The van der Waals surface area contributed by atoms with Gasteiger partial charge in [-0.15, -0.1) is 13.2 Å². The van der Waals surface area contributed by atoms with Crippen molar-refractivity contribution in [3.05, 3.63) is 54.1 Å². The Kier molecular flexibility index (Phi) is 11.2. The molecule has 1 aromatic carbocycles. The van der Waals surface area contributed by atoms with Gasteiger partial charge in [-0.3, -0.25) is 19.2 Å². The summed E-state index contributed by atoms with van der Waals surface area (Å²) in [5.74, 6) is -3.65. The first-order valence-corrected chi connectivity index (χ1v) is 16.2. The van der Waals surface area contributed by atoms with Gasteiger partial charge in [-0.1, -0.05) is 56.2 Å². The molecule has 0 radical (unpaired) electrons. The van der Waals surface area contributed by atoms with Gasteiger partial charge in [-0.25, -0.2) is 0 Å². The molecule has 3 heterocycles. The van der Waals surface area contributed by atoms with Crippen LogP contribution in [0.3, 0.4) is 0 Å². The number of hydrogen-bond donors (Lipinski definition) is 2. The van der Waals surface area contributed by atoms with Crippen LogP contribution in [0.15, 0.2) is 43.5 Å². The first-order valence-electron chi connectivity index (χ1n) is 15.8. The van der Waals surface area contributed by atoms with E-state index in [1.807, 2.05) is 26.8 Å². The highest BCUT2D eigenvalue weighted by atomic mass is 35.5. The molecule has 11 heteroatoms. The maximum absolute atomic E-state index is 14.8. The van der Waals surface area contributed by atoms with Gasteiger partial charge in [0.25, 0.3) is 5.91 Å². The van der Waals surface area contributed by atoms with Crippen LogP contribution in [-0.4, -0.2) is 83.3 Å². The van der Waals surface area contributed by atoms with Gasteiger partial charge < -0.3 is 29.7 Å². The summed E-state index contributed by atoms with van der Waals surface area (Å²) in [7, 11) is 0. The molecule has 3 amide bonds. The summed E-state index contributed by atoms with van der Waals surface area (Å²) >= 11 is 6.64. The van der Waals surface area contributed by atoms with Crippen molar-refractivity contribution >= 4 is 41.0 Å². The summed E-state index contributed by atoms with van der Waals surface area (Å²) in [6, 6.07) is 3.56. The Labute approximate surface area is 270 Å². The number of aryl methyl sites for hydroxylation is 1. The number of carbonyl (C=O) groups excluding carboxylic acids is 4. The van der Waals surface area contributed by atoms with Crippen LogP contribution in [0, 0.1) is 24.7 Å². The Balaban J connectivity index is 1.71. The molecule has 0 saturated carbocycles. The zero-order chi connectivity index (χ0) is 33.1. The van der Waals surface area contributed by atoms with Crippen molar-refractivity contribution in [2.75, 3.05) is 24.6 Å². The molecule has 8 atom stereocenters. The number of fused-ring (bicyclic) bond motifs is 1. The third-order valence-corrected chi connectivity index (χ3v) is 9.91. The average Bonchev–Trinajstić information content (AvgIpc) is 3.66. The van der Waals surface area contributed by atoms with Crippen LogP contribution < -0.4 is 10.2 Å². The minimum Gasteiger partial charge on any atom is -0.460 e. The van der Waals surface area contributed by atoms with E-state index in [1.54, 1.807) is 31.2 Å². The minimum atomic E-state index is -1.29. The van der Waals surface area contributed by atoms with Crippen molar-refractivity contribution in [3.8, 4) is 0 Å². The van der Waals surface area contributed by atoms with Crippen LogP contribution >= 0.6 is 11.6 Å². The number of ether oxygens (including phenoxy) is 2. The van der Waals surface area contributed by atoms with E-state index in [-0.39, 0.29) is 37.9 Å². The number of likely N-dealkylation sites (tertiary alicyclic amines) is 1. The molecule has 0 aliphatic carbocycles. The van der Waals surface area contributed by atoms with E-state index < -0.39 is 59.5 Å². The molecule has 10 nitrogen and oxygen atoms in total. The van der Waals surface area contributed by atoms with Crippen LogP contribution in [-0.2, 0) is 28.7 Å². The molecule has 4 rings (SSSR count). The molecule has 1 aromatic rings. The highest BCUT2D eigenvalue weighted by Gasteiger charge is 2.76. The van der Waals surface area contributed by atoms with Gasteiger partial charge in [0, 0.05) is 13.0 Å². The smallest absolute Gasteiger partial charge is 0.312 e. The Morgan fingerprint density at radius 2 is 2.02 bits per heavy atom. The molecular formula is C34H46ClN3O7. The largest absolute Gasteiger partial charge is 0.460 e. The fraction of sp³-hybridized carbons (Fsp3) is 0.588. The van der Waals surface area contributed by atoms with Gasteiger partial charge in [0.2, 0.25) is 11.8 Å². The van der Waals surface area contributed by atoms with Crippen LogP contribution in [0.5, 0.6) is 0 Å². The van der Waals surface area contributed by atoms with Crippen molar-refractivity contribution in [3.63, 3.8) is 0 Å². The summed E-state index contributed by atoms with van der Waals surface area (Å²) in [5.41, 5.74) is -0.0140. The third kappa shape index (κ3) is 6.42. The first kappa shape index (κ1) is 34.7. The number of amides is 3. The SMILES string of the molecule is C=CCCC(=O)NC[C@H](C)OC(=O)[C@@H]1[C@@H]2CC[C@]3(O2)[C@H](C(=O)N(CC=C)c2c(C)cccc2Cl)N([C@@H](CO)[C@@H](C)CC)C(=O)[C@@H]13. The number of anilines is 1. The number of benzene rings is 1. The summed E-state index contributed by atoms with van der Waals surface area (Å²) in [5, 5.41) is 13.7. The lowest BCUT2D eigenvalue weighted by Gasteiger charge is -2.41. The zero-order valence-corrected chi connectivity index (χ0v) is 27.4. The van der Waals surface area contributed by atoms with Gasteiger partial charge in [0.05, 0.1) is 47.8 Å². The van der Waals surface area contributed by atoms with E-state index in [0.717, 1.165) is 5.56 Å². The van der Waals surface area contributed by atoms with Crippen LogP contribution in [0.4, 0.5) is 5.69 Å². The standard InChI is InChI=1S/C34H46ClN3O7/c1-7-10-14-26(40)36-18-22(6)44-33(43)27-25-15-16-34(45-25)28(27)31(41)38(24(19-39)20(4)9-3)30(34)32(42)37(17-8-2)29-21(5)12-11-13-23(29)35/h7-8,11-13,20,22,24-25,27-28,30,39H,1-2,9-10,14-19H2,3-6H3,(H,36,40)/t20-,22-,24-,25-,27+,28+,30-,34+/m0/s1. The number of nitrogens with one attached hydrogen (secondary N) is 1. The van der Waals surface area contributed by atoms with Crippen molar-refractivity contribution in [1.82, 2.24) is 10.2 Å². The molecule has 3 fully saturated rings. The normalized spacial score (nSPS) is 27.0. The fourth-order valence-electron chi connectivity index (χ4n) is 7.24. The Bertz CT molecular complexity index is 1300. The molecule has 0 aromatic heterocycles. The van der Waals surface area contributed by atoms with E-state index in [4.69, 9.17) is 21.1 Å². The number of carbonyl (C=O) groups is 4. The van der Waals surface area contributed by atoms with Gasteiger partial charge in [-0.05, 0) is 50.7 Å². The quantitative estimate of drug-likeness (QED) is 0.219. The average molecular weight is 644 g/mol. The summed E-state index contributed by atoms with van der Waals surface area (Å²) < 4.78 is 12.3. The molecule has 3 aliphatic rings. The second kappa shape index (κ2) is 14.5. The Hall–Kier alpha value is -3.21. The van der Waals surface area contributed by atoms with Gasteiger partial charge in [0.15, 0.2) is 0 Å². The van der Waals surface area contributed by atoms with E-state index >= 15 is 0 Å². The molecule has 2 N–H and O–H groups in total. The molecule has 1 spiro atoms. The van der Waals surface area contributed by atoms with E-state index in [0.29, 0.717) is 36.4 Å². The molecule has 0 unspecified atom stereocenters. The lowest BCUT2D eigenvalue weighted by Crippen LogP contribution is -2.60. The van der Waals surface area contributed by atoms with Gasteiger partial charge in [0.1, 0.15) is 17.7 Å². The summed E-state index contributed by atoms with van der Waals surface area (Å²) in [6.07, 6.45) is 4.32. The number of para-hydroxylation sites is 1. The fourth-order valence-corrected chi connectivity index (χ4v) is 7.56. The number of halogens is 1. The number of esters is 1. The summed E-state index contributed by atoms with van der Waals surface area (Å²) in [6.45, 7) is 14.8. The first-order chi connectivity index (χ1) is 21.5. The number of rotatable bonds is 15. The van der Waals surface area contributed by atoms with Crippen molar-refractivity contribution in [2.45, 2.75) is 89.7 Å². The highest BCUT2D eigenvalue weighted by Crippen LogP contribution is 2.59. The predicted octanol–water partition coefficient (Wildman–Crippen LogP) is 3.96. The second-order valence-corrected chi connectivity index (χ2v) is 12.9. The third-order valence-electron chi connectivity index (χ3n) is 9.60. The van der Waals surface area contributed by atoms with E-state index in [9.17, 15) is 24.3 Å². The van der Waals surface area contributed by atoms with E-state index in [1.165, 1.54) is 9.80 Å². The van der Waals surface area contributed by atoms with Crippen LogP contribution in [0.1, 0.15) is 58.4 Å². The zero-order valence-electron chi connectivity index (χ0n) is 26.7. The lowest BCUT2D eigenvalue weighted by atomic mass is 9.70. The Morgan fingerprint density at radius 1 is 1.29 bits per heavy atom. The van der Waals surface area contributed by atoms with Gasteiger partial charge >= 0.3 is 5.97 Å². The molecular weight excluding hydrogens is 598 g/mol. The van der Waals surface area contributed by atoms with Crippen molar-refractivity contribution < 1.29 is 33.8 Å². The van der Waals surface area contributed by atoms with Crippen LogP contribution in [0.25, 0.3) is 0 Å². The number of allylic oxidation sites excluding steroid dienone is 1. The number of nitrogens with zero attached hydrogens (tertiary/aromatic N) is 2. The maximum Gasteiger partial charge on any atom is 0.312 e. The maximum atomic E-state index is 14.8. The topological polar surface area (TPSA) is 125 Å². The predicted molar refractivity (Wildman–Crippen MR) is 172 cm³/mol. The molecule has 45 heavy (non-hydrogen) atoms. The highest BCUT2D eigenvalue weighted by molar-refractivity contribution is 6.34. The number of aliphatic hydroxyl groups excluding tert-OH is 1.